The zero-order valence-corrected chi connectivity index (χ0v) is 44.7. The molecule has 5 heteroatoms. The quantitative estimate of drug-likeness (QED) is 0.0958. The lowest BCUT2D eigenvalue weighted by molar-refractivity contribution is -0.112. The van der Waals surface area contributed by atoms with E-state index in [0.29, 0.717) is 18.8 Å². The predicted molar refractivity (Wildman–Crippen MR) is 303 cm³/mol. The molecule has 8 aromatic rings. The average molecular weight is 955 g/mol. The highest BCUT2D eigenvalue weighted by Crippen LogP contribution is 2.56. The standard InChI is InChI=1S/C56H58N2O3.C11H16/c1-54(2,3)45-26-23-43(24-27-45)44-25-36-50(53(37-44)58(6)39-42-19-13-10-14-20-42)55(4,46-28-32-48(60-7)33-29-46)56(40-59,47-30-34-49(61-8)35-31-47)51-21-15-16-22-52(51)57(5)38-41-17-11-9-12-18-41;1-9-5-7-10(8-6-9)11(2,3)4/h9-37,40H,38-39H2,1-8H3;5-8H,1-4H3. The van der Waals surface area contributed by atoms with Crippen LogP contribution < -0.4 is 19.3 Å². The molecule has 0 saturated heterocycles. The first-order chi connectivity index (χ1) is 34.4. The number of methoxy groups -OCH3 is 2. The number of ether oxygens (including phenoxy) is 2. The summed E-state index contributed by atoms with van der Waals surface area (Å²) in [5.74, 6) is 1.46. The molecule has 0 aliphatic carbocycles. The minimum absolute atomic E-state index is 0.0364. The lowest BCUT2D eigenvalue weighted by Gasteiger charge is -2.49. The Morgan fingerprint density at radius 1 is 0.431 bits per heavy atom. The van der Waals surface area contributed by atoms with Gasteiger partial charge in [-0.15, -0.1) is 0 Å². The molecule has 0 saturated carbocycles. The number of hydrogen-bond donors (Lipinski definition) is 0. The maximum Gasteiger partial charge on any atom is 0.136 e. The van der Waals surface area contributed by atoms with E-state index in [-0.39, 0.29) is 10.8 Å². The number of carbonyl (C=O) groups is 1. The van der Waals surface area contributed by atoms with Crippen LogP contribution in [0.15, 0.2) is 200 Å². The van der Waals surface area contributed by atoms with Gasteiger partial charge in [0.2, 0.25) is 0 Å². The minimum Gasteiger partial charge on any atom is -0.497 e. The van der Waals surface area contributed by atoms with E-state index < -0.39 is 10.8 Å². The molecule has 0 fully saturated rings. The summed E-state index contributed by atoms with van der Waals surface area (Å²) in [5, 5.41) is 0. The topological polar surface area (TPSA) is 42.0 Å². The van der Waals surface area contributed by atoms with Crippen molar-refractivity contribution in [2.75, 3.05) is 38.1 Å². The van der Waals surface area contributed by atoms with Gasteiger partial charge in [-0.1, -0.05) is 211 Å². The molecule has 8 rings (SSSR count). The fourth-order valence-corrected chi connectivity index (χ4v) is 10.0. The van der Waals surface area contributed by atoms with E-state index in [1.54, 1.807) is 14.2 Å². The van der Waals surface area contributed by atoms with Crippen LogP contribution >= 0.6 is 0 Å². The van der Waals surface area contributed by atoms with Crippen molar-refractivity contribution in [2.45, 2.75) is 90.1 Å². The first-order valence-corrected chi connectivity index (χ1v) is 25.1. The molecule has 0 radical (unpaired) electrons. The lowest BCUT2D eigenvalue weighted by atomic mass is 9.52. The van der Waals surface area contributed by atoms with Crippen LogP contribution in [0, 0.1) is 6.92 Å². The Hall–Kier alpha value is -7.37. The van der Waals surface area contributed by atoms with Crippen molar-refractivity contribution >= 4 is 17.7 Å². The Kier molecular flexibility index (Phi) is 16.3. The summed E-state index contributed by atoms with van der Waals surface area (Å²) in [6.45, 7) is 19.1. The van der Waals surface area contributed by atoms with E-state index in [1.165, 1.54) is 34.1 Å². The van der Waals surface area contributed by atoms with Crippen LogP contribution in [0.4, 0.5) is 11.4 Å². The Balaban J connectivity index is 0.000000611. The minimum atomic E-state index is -1.28. The molecule has 0 aliphatic heterocycles. The maximum atomic E-state index is 15.1. The van der Waals surface area contributed by atoms with Gasteiger partial charge >= 0.3 is 0 Å². The maximum absolute atomic E-state index is 15.1. The van der Waals surface area contributed by atoms with Gasteiger partial charge in [0.15, 0.2) is 0 Å². The number of aryl methyl sites for hydroxylation is 1. The highest BCUT2D eigenvalue weighted by Gasteiger charge is 2.55. The van der Waals surface area contributed by atoms with Gasteiger partial charge in [0.05, 0.1) is 19.6 Å². The zero-order valence-electron chi connectivity index (χ0n) is 44.7. The van der Waals surface area contributed by atoms with Crippen molar-refractivity contribution in [3.05, 3.63) is 250 Å². The van der Waals surface area contributed by atoms with E-state index in [2.05, 4.69) is 249 Å². The second kappa shape index (κ2) is 22.4. The second-order valence-electron chi connectivity index (χ2n) is 21.4. The molecular formula is C67H74N2O3. The van der Waals surface area contributed by atoms with Gasteiger partial charge in [0.1, 0.15) is 17.8 Å². The van der Waals surface area contributed by atoms with Crippen molar-refractivity contribution in [1.29, 1.82) is 0 Å². The van der Waals surface area contributed by atoms with Gasteiger partial charge in [-0.05, 0) is 117 Å². The Morgan fingerprint density at radius 2 is 0.847 bits per heavy atom. The predicted octanol–water partition coefficient (Wildman–Crippen LogP) is 15.7. The SMILES string of the molecule is COc1ccc(C(C)(c2ccc(-c3ccc(C(C)(C)C)cc3)cc2N(C)Cc2ccccc2)C(C=O)(c2ccc(OC)cc2)c2ccccc2N(C)Cc2ccccc2)cc1.Cc1ccc(C(C)(C)C)cc1. The smallest absolute Gasteiger partial charge is 0.136 e. The van der Waals surface area contributed by atoms with Crippen LogP contribution in [-0.2, 0) is 39.5 Å². The zero-order chi connectivity index (χ0) is 51.7. The number of aldehydes is 1. The van der Waals surface area contributed by atoms with Gasteiger partial charge < -0.3 is 24.1 Å². The summed E-state index contributed by atoms with van der Waals surface area (Å²) in [6, 6.07) is 70.2. The molecule has 72 heavy (non-hydrogen) atoms. The summed E-state index contributed by atoms with van der Waals surface area (Å²) in [6.07, 6.45) is 1.19. The van der Waals surface area contributed by atoms with Crippen molar-refractivity contribution in [1.82, 2.24) is 0 Å². The highest BCUT2D eigenvalue weighted by molar-refractivity contribution is 5.86. The van der Waals surface area contributed by atoms with Crippen LogP contribution in [0.25, 0.3) is 11.1 Å². The van der Waals surface area contributed by atoms with Gasteiger partial charge in [-0.3, -0.25) is 0 Å². The molecule has 0 amide bonds. The van der Waals surface area contributed by atoms with Crippen LogP contribution in [0.2, 0.25) is 0 Å². The fraction of sp³-hybridized carbons (Fsp3) is 0.269. The van der Waals surface area contributed by atoms with Gasteiger partial charge in [-0.2, -0.15) is 0 Å². The van der Waals surface area contributed by atoms with Gasteiger partial charge in [0, 0.05) is 44.0 Å². The summed E-state index contributed by atoms with van der Waals surface area (Å²) >= 11 is 0. The number of nitrogens with zero attached hydrogens (tertiary/aromatic N) is 2. The summed E-state index contributed by atoms with van der Waals surface area (Å²) < 4.78 is 11.4. The number of benzene rings is 8. The van der Waals surface area contributed by atoms with Crippen molar-refractivity contribution in [3.63, 3.8) is 0 Å². The third-order valence-electron chi connectivity index (χ3n) is 14.4. The number of anilines is 2. The van der Waals surface area contributed by atoms with E-state index >= 15 is 4.79 Å². The Labute approximate surface area is 431 Å². The van der Waals surface area contributed by atoms with E-state index in [4.69, 9.17) is 9.47 Å². The second-order valence-corrected chi connectivity index (χ2v) is 21.4. The van der Waals surface area contributed by atoms with Crippen molar-refractivity contribution in [2.24, 2.45) is 0 Å². The first kappa shape index (κ1) is 52.5. The Morgan fingerprint density at radius 3 is 1.32 bits per heavy atom. The molecule has 8 aromatic carbocycles. The molecule has 0 spiro atoms. The number of para-hydroxylation sites is 1. The molecule has 0 aromatic heterocycles. The highest BCUT2D eigenvalue weighted by atomic mass is 16.5. The number of carbonyl (C=O) groups excluding carboxylic acids is 1. The molecule has 2 atom stereocenters. The molecule has 2 unspecified atom stereocenters. The third kappa shape index (κ3) is 11.4. The fourth-order valence-electron chi connectivity index (χ4n) is 10.0. The average Bonchev–Trinajstić information content (AvgIpc) is 3.39. The van der Waals surface area contributed by atoms with Crippen LogP contribution in [0.1, 0.15) is 98.5 Å². The third-order valence-corrected chi connectivity index (χ3v) is 14.4. The van der Waals surface area contributed by atoms with Crippen molar-refractivity contribution < 1.29 is 14.3 Å². The first-order valence-electron chi connectivity index (χ1n) is 25.1. The van der Waals surface area contributed by atoms with E-state index in [9.17, 15) is 0 Å². The van der Waals surface area contributed by atoms with Gasteiger partial charge in [0.25, 0.3) is 0 Å². The molecular weight excluding hydrogens is 881 g/mol. The van der Waals surface area contributed by atoms with Crippen LogP contribution in [0.5, 0.6) is 11.5 Å². The molecule has 0 aliphatic rings. The molecule has 5 nitrogen and oxygen atoms in total. The lowest BCUT2D eigenvalue weighted by Crippen LogP contribution is -2.51. The normalized spacial score (nSPS) is 13.1. The number of hydrogen-bond acceptors (Lipinski definition) is 5. The van der Waals surface area contributed by atoms with Crippen LogP contribution in [0.3, 0.4) is 0 Å². The monoisotopic (exact) mass is 955 g/mol. The van der Waals surface area contributed by atoms with E-state index in [0.717, 1.165) is 50.5 Å². The largest absolute Gasteiger partial charge is 0.497 e. The molecule has 0 N–H and O–H groups in total. The van der Waals surface area contributed by atoms with Crippen LogP contribution in [-0.4, -0.2) is 34.6 Å². The van der Waals surface area contributed by atoms with Gasteiger partial charge in [-0.25, -0.2) is 0 Å². The summed E-state index contributed by atoms with van der Waals surface area (Å²) in [4.78, 5) is 19.7. The van der Waals surface area contributed by atoms with Crippen molar-refractivity contribution in [3.8, 4) is 22.6 Å². The Bertz CT molecular complexity index is 2990. The number of rotatable bonds is 15. The molecule has 0 heterocycles. The molecule has 370 valence electrons. The summed E-state index contributed by atoms with van der Waals surface area (Å²) in [7, 11) is 7.62. The van der Waals surface area contributed by atoms with E-state index in [1.807, 2.05) is 30.3 Å². The summed E-state index contributed by atoms with van der Waals surface area (Å²) in [5.41, 5.74) is 12.3. The molecule has 0 bridgehead atoms.